The van der Waals surface area contributed by atoms with Crippen LogP contribution in [0.1, 0.15) is 106 Å². The summed E-state index contributed by atoms with van der Waals surface area (Å²) < 4.78 is 37.1. The third-order valence-electron chi connectivity index (χ3n) is 11.1. The Hall–Kier alpha value is -6.89. The lowest BCUT2D eigenvalue weighted by molar-refractivity contribution is -0.155. The summed E-state index contributed by atoms with van der Waals surface area (Å²) >= 11 is 1.65. The number of esters is 1. The highest BCUT2D eigenvalue weighted by Crippen LogP contribution is 2.40. The predicted molar refractivity (Wildman–Crippen MR) is 245 cm³/mol. The Morgan fingerprint density at radius 2 is 1.57 bits per heavy atom. The fourth-order valence-electron chi connectivity index (χ4n) is 7.80. The van der Waals surface area contributed by atoms with Crippen LogP contribution in [-0.2, 0) is 19.6 Å². The van der Waals surface area contributed by atoms with Crippen LogP contribution in [0.15, 0.2) is 101 Å². The van der Waals surface area contributed by atoms with E-state index in [2.05, 4.69) is 45.1 Å². The van der Waals surface area contributed by atoms with Crippen LogP contribution >= 0.6 is 11.3 Å². The molecule has 7 aromatic rings. The van der Waals surface area contributed by atoms with Crippen LogP contribution in [0.5, 0.6) is 0 Å². The second kappa shape index (κ2) is 16.4. The molecular formula is C48H46N8O5S2. The summed E-state index contributed by atoms with van der Waals surface area (Å²) in [4.78, 5) is 36.0. The Morgan fingerprint density at radius 1 is 0.921 bits per heavy atom. The number of aryl methyl sites for hydroxylation is 3. The van der Waals surface area contributed by atoms with Gasteiger partial charge in [0.2, 0.25) is 0 Å². The Bertz CT molecular complexity index is 3110. The first kappa shape index (κ1) is 42.8. The van der Waals surface area contributed by atoms with Gasteiger partial charge in [-0.3, -0.25) is 23.9 Å². The first-order valence-electron chi connectivity index (χ1n) is 20.4. The molecule has 0 saturated heterocycles. The molecule has 0 saturated carbocycles. The number of benzene rings is 4. The van der Waals surface area contributed by atoms with E-state index in [-0.39, 0.29) is 23.2 Å². The Kier molecular flexibility index (Phi) is 11.2. The first-order chi connectivity index (χ1) is 29.9. The summed E-state index contributed by atoms with van der Waals surface area (Å²) in [6.07, 6.45) is 1.57. The smallest absolute Gasteiger partial charge is 0.308 e. The maximum Gasteiger partial charge on any atom is 0.308 e. The van der Waals surface area contributed by atoms with Crippen LogP contribution in [0.25, 0.3) is 27.0 Å². The zero-order valence-corrected chi connectivity index (χ0v) is 37.7. The molecule has 0 fully saturated rings. The van der Waals surface area contributed by atoms with E-state index in [9.17, 15) is 23.3 Å². The third kappa shape index (κ3) is 8.39. The number of rotatable bonds is 10. The quantitative estimate of drug-likeness (QED) is 0.113. The van der Waals surface area contributed by atoms with E-state index in [4.69, 9.17) is 9.73 Å². The van der Waals surface area contributed by atoms with Gasteiger partial charge in [-0.15, -0.1) is 21.5 Å². The van der Waals surface area contributed by atoms with E-state index in [1.165, 1.54) is 12.1 Å². The summed E-state index contributed by atoms with van der Waals surface area (Å²) in [5.74, 6) is 0.669. The van der Waals surface area contributed by atoms with Crippen molar-refractivity contribution in [3.8, 4) is 22.2 Å². The van der Waals surface area contributed by atoms with Crippen molar-refractivity contribution in [2.24, 2.45) is 4.99 Å². The van der Waals surface area contributed by atoms with Crippen LogP contribution in [0.2, 0.25) is 0 Å². The van der Waals surface area contributed by atoms with E-state index in [1.807, 2.05) is 82.5 Å². The van der Waals surface area contributed by atoms with Gasteiger partial charge in [-0.2, -0.15) is 5.26 Å². The number of amides is 1. The SMILES string of the molecule is Cc1sc2c(c1C)C(c1ccc(-c3ccc(C(=O)N[C@H](C)c4ccc(S(=O)(=O)Nc5ccc(C)c6c(C#N)c[nH]c56)cc4)cc3)cc1)=N[C@@H](CC(=O)OC(C)(C)C)c1nnc(C)n1-2. The number of anilines is 1. The molecular weight excluding hydrogens is 833 g/mol. The topological polar surface area (TPSA) is 184 Å². The molecule has 0 radical (unpaired) electrons. The number of H-pyrrole nitrogens is 1. The van der Waals surface area contributed by atoms with Crippen molar-refractivity contribution in [1.82, 2.24) is 25.1 Å². The lowest BCUT2D eigenvalue weighted by Crippen LogP contribution is -2.26. The van der Waals surface area contributed by atoms with Gasteiger partial charge >= 0.3 is 5.97 Å². The molecule has 3 aromatic heterocycles. The number of aromatic amines is 1. The number of nitriles is 1. The number of hydrogen-bond acceptors (Lipinski definition) is 10. The van der Waals surface area contributed by atoms with Crippen LogP contribution in [0, 0.1) is 39.0 Å². The number of ether oxygens (including phenoxy) is 1. The van der Waals surface area contributed by atoms with Crippen molar-refractivity contribution < 1.29 is 22.7 Å². The monoisotopic (exact) mass is 878 g/mol. The molecule has 4 heterocycles. The summed E-state index contributed by atoms with van der Waals surface area (Å²) in [6.45, 7) is 15.3. The second-order valence-electron chi connectivity index (χ2n) is 16.7. The number of nitrogens with zero attached hydrogens (tertiary/aromatic N) is 5. The lowest BCUT2D eigenvalue weighted by atomic mass is 9.96. The molecule has 3 N–H and O–H groups in total. The van der Waals surface area contributed by atoms with Crippen molar-refractivity contribution in [2.75, 3.05) is 4.72 Å². The molecule has 15 heteroatoms. The highest BCUT2D eigenvalue weighted by Gasteiger charge is 2.33. The van der Waals surface area contributed by atoms with E-state index in [0.29, 0.717) is 39.4 Å². The van der Waals surface area contributed by atoms with Gasteiger partial charge in [-0.05, 0) is 114 Å². The molecule has 0 unspecified atom stereocenters. The van der Waals surface area contributed by atoms with Gasteiger partial charge in [0, 0.05) is 33.2 Å². The average molecular weight is 879 g/mol. The molecule has 2 atom stereocenters. The van der Waals surface area contributed by atoms with E-state index in [1.54, 1.807) is 53.9 Å². The maximum atomic E-state index is 13.4. The highest BCUT2D eigenvalue weighted by atomic mass is 32.2. The molecule has 1 amide bonds. The molecule has 0 aliphatic carbocycles. The Morgan fingerprint density at radius 3 is 2.22 bits per heavy atom. The Labute approximate surface area is 369 Å². The minimum atomic E-state index is -3.96. The minimum absolute atomic E-state index is 0.0106. The number of carbonyl (C=O) groups excluding carboxylic acids is 2. The van der Waals surface area contributed by atoms with E-state index in [0.717, 1.165) is 54.5 Å². The van der Waals surface area contributed by atoms with Crippen molar-refractivity contribution in [3.63, 3.8) is 0 Å². The normalized spacial score (nSPS) is 14.2. The van der Waals surface area contributed by atoms with Gasteiger partial charge in [0.25, 0.3) is 15.9 Å². The number of nitrogens with one attached hydrogen (secondary N) is 3. The van der Waals surface area contributed by atoms with E-state index < -0.39 is 27.7 Å². The molecule has 0 bridgehead atoms. The van der Waals surface area contributed by atoms with Crippen LogP contribution in [0.4, 0.5) is 5.69 Å². The fraction of sp³-hybridized carbons (Fsp3) is 0.250. The molecule has 63 heavy (non-hydrogen) atoms. The summed E-state index contributed by atoms with van der Waals surface area (Å²) in [5.41, 5.74) is 8.32. The molecule has 320 valence electrons. The maximum absolute atomic E-state index is 13.4. The van der Waals surface area contributed by atoms with Crippen LogP contribution in [0.3, 0.4) is 0 Å². The number of fused-ring (bicyclic) bond motifs is 4. The number of carbonyl (C=O) groups is 2. The van der Waals surface area contributed by atoms with Gasteiger partial charge < -0.3 is 15.0 Å². The molecule has 1 aliphatic heterocycles. The summed E-state index contributed by atoms with van der Waals surface area (Å²) in [7, 11) is -3.96. The first-order valence-corrected chi connectivity index (χ1v) is 22.7. The summed E-state index contributed by atoms with van der Waals surface area (Å²) in [5, 5.41) is 23.0. The zero-order valence-electron chi connectivity index (χ0n) is 36.1. The highest BCUT2D eigenvalue weighted by molar-refractivity contribution is 7.92. The minimum Gasteiger partial charge on any atom is -0.460 e. The van der Waals surface area contributed by atoms with Gasteiger partial charge in [-0.25, -0.2) is 8.42 Å². The largest absolute Gasteiger partial charge is 0.460 e. The van der Waals surface area contributed by atoms with Gasteiger partial charge in [0.05, 0.1) is 39.8 Å². The Balaban J connectivity index is 0.966. The lowest BCUT2D eigenvalue weighted by Gasteiger charge is -2.21. The second-order valence-corrected chi connectivity index (χ2v) is 19.6. The van der Waals surface area contributed by atoms with Crippen molar-refractivity contribution in [1.29, 1.82) is 5.26 Å². The van der Waals surface area contributed by atoms with Gasteiger partial charge in [0.15, 0.2) is 5.82 Å². The van der Waals surface area contributed by atoms with Crippen LogP contribution < -0.4 is 10.0 Å². The molecule has 1 aliphatic rings. The van der Waals surface area contributed by atoms with Crippen molar-refractivity contribution >= 4 is 55.5 Å². The number of aliphatic imine (C=N–C) groups is 1. The number of hydrogen-bond donors (Lipinski definition) is 3. The number of aromatic nitrogens is 4. The van der Waals surface area contributed by atoms with Crippen LogP contribution in [-0.4, -0.2) is 51.4 Å². The van der Waals surface area contributed by atoms with E-state index >= 15 is 0 Å². The molecule has 8 rings (SSSR count). The zero-order chi connectivity index (χ0) is 45.0. The number of thiophene rings is 1. The molecule has 4 aromatic carbocycles. The average Bonchev–Trinajstić information content (AvgIpc) is 3.92. The third-order valence-corrected chi connectivity index (χ3v) is 13.7. The fourth-order valence-corrected chi connectivity index (χ4v) is 10.1. The molecule has 0 spiro atoms. The number of sulfonamides is 1. The van der Waals surface area contributed by atoms with Crippen molar-refractivity contribution in [3.05, 3.63) is 147 Å². The standard InChI is InChI=1S/C48H46N8O5S2/c1-26-9-22-38(44-41(26)36(24-49)25-50-44)55-63(59,60)37-20-18-31(19-21-37)28(3)51-46(58)35-16-12-33(13-17-35)32-10-14-34(15-11-32)43-42-27(2)29(4)62-47(42)56-30(5)53-54-45(56)39(52-43)23-40(57)61-48(6,7)8/h9-22,25,28,39,50,55H,23H2,1-8H3,(H,51,58)/t28-,39+/m1/s1. The van der Waals surface area contributed by atoms with Gasteiger partial charge in [-0.1, -0.05) is 54.6 Å². The summed E-state index contributed by atoms with van der Waals surface area (Å²) in [6, 6.07) is 26.3. The predicted octanol–water partition coefficient (Wildman–Crippen LogP) is 9.50. The van der Waals surface area contributed by atoms with Crippen molar-refractivity contribution in [2.45, 2.75) is 84.4 Å². The van der Waals surface area contributed by atoms with Gasteiger partial charge in [0.1, 0.15) is 28.5 Å². The molecule has 13 nitrogen and oxygen atoms in total.